The van der Waals surface area contributed by atoms with Gasteiger partial charge in [-0.1, -0.05) is 30.3 Å². The molecule has 13 nitrogen and oxygen atoms in total. The Hall–Kier alpha value is -3.17. The van der Waals surface area contributed by atoms with Crippen LogP contribution in [0.2, 0.25) is 0 Å². The third-order valence-electron chi connectivity index (χ3n) is 5.67. The fourth-order valence-corrected chi connectivity index (χ4v) is 4.91. The summed E-state index contributed by atoms with van der Waals surface area (Å²) in [5, 5.41) is 7.55. The molecule has 2 aliphatic rings. The predicted molar refractivity (Wildman–Crippen MR) is 133 cm³/mol. The molecule has 5 amide bonds. The monoisotopic (exact) mass is 541 g/mol. The van der Waals surface area contributed by atoms with Gasteiger partial charge in [0.15, 0.2) is 0 Å². The summed E-state index contributed by atoms with van der Waals surface area (Å²) in [6.45, 7) is -0.0840. The molecule has 2 heterocycles. The summed E-state index contributed by atoms with van der Waals surface area (Å²) in [6, 6.07) is 12.9. The number of nitrogens with one attached hydrogen (secondary N) is 3. The Morgan fingerprint density at radius 3 is 2.24 bits per heavy atom. The van der Waals surface area contributed by atoms with Gasteiger partial charge in [0.05, 0.1) is 6.04 Å². The Labute approximate surface area is 234 Å². The average Bonchev–Trinajstić information content (AvgIpc) is 3.21. The van der Waals surface area contributed by atoms with E-state index in [0.717, 1.165) is 5.56 Å². The van der Waals surface area contributed by atoms with Gasteiger partial charge in [-0.05, 0) is 36.2 Å². The van der Waals surface area contributed by atoms with E-state index in [2.05, 4.69) is 16.0 Å². The normalized spacial score (nSPS) is 18.1. The molecule has 192 valence electrons. The van der Waals surface area contributed by atoms with Gasteiger partial charge in [-0.2, -0.15) is 8.42 Å². The van der Waals surface area contributed by atoms with Crippen molar-refractivity contribution in [1.82, 2.24) is 14.5 Å². The van der Waals surface area contributed by atoms with Gasteiger partial charge in [0.1, 0.15) is 19.2 Å². The summed E-state index contributed by atoms with van der Waals surface area (Å²) in [6.07, 6.45) is -0.511. The molecule has 0 saturated carbocycles. The minimum absolute atomic E-state index is 0. The van der Waals surface area contributed by atoms with Crippen molar-refractivity contribution < 1.29 is 36.9 Å². The van der Waals surface area contributed by atoms with Crippen LogP contribution < -0.4 is 16.0 Å². The van der Waals surface area contributed by atoms with E-state index in [-0.39, 0.29) is 55.7 Å². The number of nitrogens with zero attached hydrogens (tertiary/aromatic N) is 2. The number of carbonyl (C=O) groups excluding carboxylic acids is 4. The fourth-order valence-electron chi connectivity index (χ4n) is 4.01. The Balaban J connectivity index is 0.00000380. The van der Waals surface area contributed by atoms with Crippen LogP contribution in [0.4, 0.5) is 21.0 Å². The molecule has 4 N–H and O–H groups in total. The van der Waals surface area contributed by atoms with Crippen LogP contribution >= 0.6 is 0 Å². The summed E-state index contributed by atoms with van der Waals surface area (Å²) in [4.78, 5) is 49.7. The molecule has 0 aromatic heterocycles. The maximum absolute atomic E-state index is 12.6. The molecule has 2 fully saturated rings. The molecule has 4 rings (SSSR count). The van der Waals surface area contributed by atoms with Gasteiger partial charge in [0.2, 0.25) is 5.91 Å². The number of urea groups is 1. The molecule has 2 aromatic rings. The number of ether oxygens (including phenoxy) is 1. The van der Waals surface area contributed by atoms with E-state index in [9.17, 15) is 27.6 Å². The van der Waals surface area contributed by atoms with Gasteiger partial charge in [-0.15, -0.1) is 0 Å². The van der Waals surface area contributed by atoms with Gasteiger partial charge >= 0.3 is 52.0 Å². The Morgan fingerprint density at radius 1 is 1.00 bits per heavy atom. The molecular formula is C22H24N5NaO8S. The van der Waals surface area contributed by atoms with Gasteiger partial charge in [-0.25, -0.2) is 13.9 Å². The second kappa shape index (κ2) is 11.9. The third kappa shape index (κ3) is 6.78. The SMILES string of the molecule is O=C(CNC(=O)OCc1ccccc1)Nc1ccc(NC(=O)N2CC[C@@H]3[C@H]2C(=O)N3S(=O)(=O)O)cc1.[NaH]. The number of hydrogen-bond acceptors (Lipinski definition) is 7. The molecule has 2 saturated heterocycles. The van der Waals surface area contributed by atoms with E-state index in [0.29, 0.717) is 15.7 Å². The molecule has 0 aliphatic carbocycles. The molecule has 2 aliphatic heterocycles. The fraction of sp³-hybridized carbons (Fsp3) is 0.273. The van der Waals surface area contributed by atoms with Crippen LogP contribution in [0.15, 0.2) is 54.6 Å². The zero-order chi connectivity index (χ0) is 25.9. The molecule has 0 bridgehead atoms. The Morgan fingerprint density at radius 2 is 1.62 bits per heavy atom. The van der Waals surface area contributed by atoms with E-state index in [1.807, 2.05) is 18.2 Å². The zero-order valence-electron chi connectivity index (χ0n) is 18.8. The molecule has 0 unspecified atom stereocenters. The summed E-state index contributed by atoms with van der Waals surface area (Å²) >= 11 is 0. The number of hydrogen-bond donors (Lipinski definition) is 4. The Bertz CT molecular complexity index is 1280. The van der Waals surface area contributed by atoms with Crippen molar-refractivity contribution in [3.8, 4) is 0 Å². The molecular weight excluding hydrogens is 517 g/mol. The first-order valence-electron chi connectivity index (χ1n) is 10.9. The van der Waals surface area contributed by atoms with Crippen molar-refractivity contribution in [3.05, 3.63) is 60.2 Å². The van der Waals surface area contributed by atoms with Gasteiger partial charge in [0, 0.05) is 17.9 Å². The minimum atomic E-state index is -4.66. The first kappa shape index (κ1) is 28.4. The first-order chi connectivity index (χ1) is 17.1. The molecule has 15 heteroatoms. The number of alkyl carbamates (subject to hydrolysis) is 1. The van der Waals surface area contributed by atoms with E-state index >= 15 is 0 Å². The number of fused-ring (bicyclic) bond motifs is 1. The van der Waals surface area contributed by atoms with Crippen LogP contribution in [-0.2, 0) is 31.2 Å². The van der Waals surface area contributed by atoms with Crippen molar-refractivity contribution in [2.24, 2.45) is 0 Å². The van der Waals surface area contributed by atoms with Crippen molar-refractivity contribution in [3.63, 3.8) is 0 Å². The van der Waals surface area contributed by atoms with Crippen LogP contribution in [0.5, 0.6) is 0 Å². The van der Waals surface area contributed by atoms with Crippen LogP contribution in [0, 0.1) is 0 Å². The van der Waals surface area contributed by atoms with Crippen LogP contribution in [0.3, 0.4) is 0 Å². The molecule has 2 aromatic carbocycles. The van der Waals surface area contributed by atoms with Gasteiger partial charge in [0.25, 0.3) is 5.91 Å². The van der Waals surface area contributed by atoms with Crippen molar-refractivity contribution in [2.45, 2.75) is 25.1 Å². The van der Waals surface area contributed by atoms with Gasteiger partial charge in [-0.3, -0.25) is 14.1 Å². The Kier molecular flexibility index (Phi) is 9.15. The summed E-state index contributed by atoms with van der Waals surface area (Å²) in [5.41, 5.74) is 1.60. The number of likely N-dealkylation sites (tertiary alicyclic amines) is 1. The second-order valence-electron chi connectivity index (χ2n) is 8.08. The maximum atomic E-state index is 12.6. The molecule has 0 radical (unpaired) electrons. The van der Waals surface area contributed by atoms with Crippen LogP contribution in [-0.4, -0.2) is 101 Å². The first-order valence-corrected chi connectivity index (χ1v) is 12.3. The van der Waals surface area contributed by atoms with E-state index in [1.165, 1.54) is 29.2 Å². The number of benzene rings is 2. The molecule has 0 spiro atoms. The second-order valence-corrected chi connectivity index (χ2v) is 9.37. The summed E-state index contributed by atoms with van der Waals surface area (Å²) in [5.74, 6) is -1.34. The van der Waals surface area contributed by atoms with E-state index in [4.69, 9.17) is 9.29 Å². The number of rotatable bonds is 7. The zero-order valence-corrected chi connectivity index (χ0v) is 19.6. The molecule has 37 heavy (non-hydrogen) atoms. The van der Waals surface area contributed by atoms with Crippen molar-refractivity contribution >= 4 is 75.2 Å². The third-order valence-corrected chi connectivity index (χ3v) is 6.62. The van der Waals surface area contributed by atoms with Crippen molar-refractivity contribution in [1.29, 1.82) is 0 Å². The number of amides is 5. The number of β-lactam (4-membered cyclic amide) rings is 1. The topological polar surface area (TPSA) is 174 Å². The summed E-state index contributed by atoms with van der Waals surface area (Å²) < 4.78 is 37.1. The van der Waals surface area contributed by atoms with Crippen molar-refractivity contribution in [2.75, 3.05) is 23.7 Å². The predicted octanol–water partition coefficient (Wildman–Crippen LogP) is 0.523. The van der Waals surface area contributed by atoms with Gasteiger partial charge < -0.3 is 25.6 Å². The number of carbonyl (C=O) groups is 4. The average molecular weight is 542 g/mol. The van der Waals surface area contributed by atoms with E-state index in [1.54, 1.807) is 12.1 Å². The summed E-state index contributed by atoms with van der Waals surface area (Å²) in [7, 11) is -4.66. The van der Waals surface area contributed by atoms with E-state index < -0.39 is 46.3 Å². The quantitative estimate of drug-likeness (QED) is 0.223. The number of anilines is 2. The van der Waals surface area contributed by atoms with Crippen LogP contribution in [0.1, 0.15) is 12.0 Å². The standard InChI is InChI=1S/C22H23N5O8S.Na.H/c28-18(12-23-22(31)35-13-14-4-2-1-3-5-14)24-15-6-8-16(9-7-15)25-21(30)26-11-10-17-19(26)20(29)27(17)36(32,33)34;;/h1-9,17,19H,10-13H2,(H,23,31)(H,24,28)(H,25,30)(H,32,33,34);;/t17-,19+;;/m1../s1. The molecule has 2 atom stereocenters. The van der Waals surface area contributed by atoms with Crippen LogP contribution in [0.25, 0.3) is 0 Å².